The molecule has 0 aliphatic carbocycles. The molecule has 0 amide bonds. The first-order chi connectivity index (χ1) is 8.26. The van der Waals surface area contributed by atoms with Crippen molar-refractivity contribution in [3.05, 3.63) is 29.8 Å². The zero-order valence-corrected chi connectivity index (χ0v) is 11.5. The van der Waals surface area contributed by atoms with E-state index < -0.39 is 0 Å². The zero-order chi connectivity index (χ0) is 12.5. The van der Waals surface area contributed by atoms with Gasteiger partial charge in [-0.3, -0.25) is 0 Å². The fourth-order valence-electron chi connectivity index (χ4n) is 1.62. The summed E-state index contributed by atoms with van der Waals surface area (Å²) < 4.78 is 0. The van der Waals surface area contributed by atoms with Gasteiger partial charge in [0.2, 0.25) is 0 Å². The Hall–Kier alpha value is -0.910. The summed E-state index contributed by atoms with van der Waals surface area (Å²) >= 11 is 1.90. The summed E-state index contributed by atoms with van der Waals surface area (Å²) in [6, 6.07) is 9.20. The molecule has 17 heavy (non-hydrogen) atoms. The van der Waals surface area contributed by atoms with Crippen LogP contribution in [-0.4, -0.2) is 18.3 Å². The van der Waals surface area contributed by atoms with E-state index in [0.29, 0.717) is 6.04 Å². The second-order valence-corrected chi connectivity index (χ2v) is 5.21. The third-order valence-corrected chi connectivity index (χ3v) is 3.78. The summed E-state index contributed by atoms with van der Waals surface area (Å²) in [6.07, 6.45) is 7.22. The predicted molar refractivity (Wildman–Crippen MR) is 77.4 cm³/mol. The molecule has 1 unspecified atom stereocenters. The van der Waals surface area contributed by atoms with Crippen molar-refractivity contribution in [2.45, 2.75) is 37.6 Å². The summed E-state index contributed by atoms with van der Waals surface area (Å²) in [5, 5.41) is 3.48. The van der Waals surface area contributed by atoms with E-state index in [1.165, 1.54) is 10.5 Å². The molecular weight excluding hydrogens is 226 g/mol. The molecule has 1 N–H and O–H groups in total. The molecule has 0 saturated heterocycles. The van der Waals surface area contributed by atoms with Gasteiger partial charge in [-0.15, -0.1) is 24.1 Å². The minimum atomic E-state index is 0.516. The smallest absolute Gasteiger partial charge is 0.0170 e. The van der Waals surface area contributed by atoms with Crippen molar-refractivity contribution in [2.24, 2.45) is 0 Å². The lowest BCUT2D eigenvalue weighted by Gasteiger charge is -2.16. The van der Waals surface area contributed by atoms with Crippen LogP contribution in [0.5, 0.6) is 0 Å². The Bertz CT molecular complexity index is 350. The predicted octanol–water partition coefficient (Wildman–Crippen LogP) is 3.48. The van der Waals surface area contributed by atoms with Crippen LogP contribution in [-0.2, 0) is 0 Å². The molecule has 0 fully saturated rings. The van der Waals surface area contributed by atoms with E-state index in [9.17, 15) is 0 Å². The minimum Gasteiger partial charge on any atom is -0.313 e. The lowest BCUT2D eigenvalue weighted by Crippen LogP contribution is -2.30. The fraction of sp³-hybridized carbons (Fsp3) is 0.467. The molecule has 0 bridgehead atoms. The van der Waals surface area contributed by atoms with Crippen molar-refractivity contribution < 1.29 is 0 Å². The van der Waals surface area contributed by atoms with Crippen LogP contribution in [0.15, 0.2) is 29.2 Å². The van der Waals surface area contributed by atoms with E-state index in [4.69, 9.17) is 6.42 Å². The number of hydrogen-bond acceptors (Lipinski definition) is 2. The van der Waals surface area contributed by atoms with Crippen molar-refractivity contribution in [3.63, 3.8) is 0 Å². The van der Waals surface area contributed by atoms with Crippen LogP contribution in [0.25, 0.3) is 0 Å². The van der Waals surface area contributed by atoms with Gasteiger partial charge in [-0.1, -0.05) is 24.6 Å². The molecular formula is C15H21NS. The Kier molecular flexibility index (Phi) is 6.84. The van der Waals surface area contributed by atoms with Gasteiger partial charge >= 0.3 is 0 Å². The van der Waals surface area contributed by atoms with Gasteiger partial charge in [0, 0.05) is 23.1 Å². The van der Waals surface area contributed by atoms with Crippen LogP contribution in [0, 0.1) is 19.3 Å². The molecule has 0 aliphatic rings. The Labute approximate surface area is 109 Å². The highest BCUT2D eigenvalue weighted by molar-refractivity contribution is 7.99. The highest BCUT2D eigenvalue weighted by Gasteiger charge is 2.06. The van der Waals surface area contributed by atoms with Gasteiger partial charge in [0.05, 0.1) is 0 Å². The van der Waals surface area contributed by atoms with Gasteiger partial charge < -0.3 is 5.32 Å². The first-order valence-electron chi connectivity index (χ1n) is 6.12. The molecule has 1 atom stereocenters. The van der Waals surface area contributed by atoms with Crippen molar-refractivity contribution in [1.29, 1.82) is 0 Å². The van der Waals surface area contributed by atoms with E-state index in [1.54, 1.807) is 0 Å². The van der Waals surface area contributed by atoms with Crippen molar-refractivity contribution >= 4 is 11.8 Å². The van der Waals surface area contributed by atoms with Gasteiger partial charge in [0.15, 0.2) is 0 Å². The van der Waals surface area contributed by atoms with Gasteiger partial charge in [0.25, 0.3) is 0 Å². The summed E-state index contributed by atoms with van der Waals surface area (Å²) in [6.45, 7) is 5.26. The second kappa shape index (κ2) is 8.22. The summed E-state index contributed by atoms with van der Waals surface area (Å²) in [4.78, 5) is 1.33. The fourth-order valence-corrected chi connectivity index (χ4v) is 2.63. The first kappa shape index (κ1) is 14.2. The van der Waals surface area contributed by atoms with Crippen LogP contribution in [0.4, 0.5) is 0 Å². The van der Waals surface area contributed by atoms with Crippen molar-refractivity contribution in [1.82, 2.24) is 5.32 Å². The topological polar surface area (TPSA) is 12.0 Å². The second-order valence-electron chi connectivity index (χ2n) is 4.12. The first-order valence-corrected chi connectivity index (χ1v) is 7.11. The molecule has 2 heteroatoms. The molecule has 1 rings (SSSR count). The van der Waals surface area contributed by atoms with Gasteiger partial charge in [0.1, 0.15) is 0 Å². The molecule has 0 aliphatic heterocycles. The molecule has 0 saturated carbocycles. The lowest BCUT2D eigenvalue weighted by molar-refractivity contribution is 0.545. The Morgan fingerprint density at radius 3 is 2.65 bits per heavy atom. The van der Waals surface area contributed by atoms with Crippen LogP contribution >= 0.6 is 11.8 Å². The number of hydrogen-bond donors (Lipinski definition) is 1. The number of aryl methyl sites for hydroxylation is 1. The molecule has 0 heterocycles. The average molecular weight is 247 g/mol. The van der Waals surface area contributed by atoms with Gasteiger partial charge in [-0.05, 0) is 32.0 Å². The molecule has 1 nitrogen and oxygen atoms in total. The lowest BCUT2D eigenvalue weighted by atomic mass is 10.2. The van der Waals surface area contributed by atoms with Crippen molar-refractivity contribution in [3.8, 4) is 12.3 Å². The monoisotopic (exact) mass is 247 g/mol. The number of rotatable bonds is 7. The third-order valence-electron chi connectivity index (χ3n) is 2.60. The molecule has 0 spiro atoms. The molecule has 92 valence electrons. The van der Waals surface area contributed by atoms with Gasteiger partial charge in [-0.25, -0.2) is 0 Å². The van der Waals surface area contributed by atoms with E-state index >= 15 is 0 Å². The number of thioether (sulfide) groups is 1. The molecule has 1 aromatic rings. The SMILES string of the molecule is C#CCCC(CSc1ccc(C)cc1)NCC. The normalized spacial score (nSPS) is 12.1. The molecule has 0 radical (unpaired) electrons. The Morgan fingerprint density at radius 1 is 1.35 bits per heavy atom. The van der Waals surface area contributed by atoms with Crippen molar-refractivity contribution in [2.75, 3.05) is 12.3 Å². The average Bonchev–Trinajstić information content (AvgIpc) is 2.35. The molecule has 1 aromatic carbocycles. The minimum absolute atomic E-state index is 0.516. The van der Waals surface area contributed by atoms with Crippen LogP contribution < -0.4 is 5.32 Å². The number of benzene rings is 1. The van der Waals surface area contributed by atoms with E-state index in [0.717, 1.165) is 25.1 Å². The number of nitrogens with one attached hydrogen (secondary N) is 1. The maximum atomic E-state index is 5.31. The van der Waals surface area contributed by atoms with E-state index in [-0.39, 0.29) is 0 Å². The summed E-state index contributed by atoms with van der Waals surface area (Å²) in [5.41, 5.74) is 1.31. The highest BCUT2D eigenvalue weighted by atomic mass is 32.2. The van der Waals surface area contributed by atoms with Gasteiger partial charge in [-0.2, -0.15) is 0 Å². The van der Waals surface area contributed by atoms with E-state index in [2.05, 4.69) is 49.4 Å². The van der Waals surface area contributed by atoms with E-state index in [1.807, 2.05) is 11.8 Å². The number of terminal acetylenes is 1. The van der Waals surface area contributed by atoms with Crippen LogP contribution in [0.2, 0.25) is 0 Å². The highest BCUT2D eigenvalue weighted by Crippen LogP contribution is 2.20. The Balaban J connectivity index is 2.40. The summed E-state index contributed by atoms with van der Waals surface area (Å²) in [7, 11) is 0. The maximum Gasteiger partial charge on any atom is 0.0170 e. The third kappa shape index (κ3) is 5.81. The Morgan fingerprint density at radius 2 is 2.06 bits per heavy atom. The largest absolute Gasteiger partial charge is 0.313 e. The standard InChI is InChI=1S/C15H21NS/c1-4-6-7-14(16-5-2)12-17-15-10-8-13(3)9-11-15/h1,8-11,14,16H,5-7,12H2,2-3H3. The van der Waals surface area contributed by atoms with Crippen LogP contribution in [0.1, 0.15) is 25.3 Å². The zero-order valence-electron chi connectivity index (χ0n) is 10.7. The quantitative estimate of drug-likeness (QED) is 0.585. The maximum absolute atomic E-state index is 5.31. The molecule has 0 aromatic heterocycles. The summed E-state index contributed by atoms with van der Waals surface area (Å²) in [5.74, 6) is 3.79. The van der Waals surface area contributed by atoms with Crippen LogP contribution in [0.3, 0.4) is 0 Å².